The van der Waals surface area contributed by atoms with Gasteiger partial charge in [0.05, 0.1) is 12.7 Å². The van der Waals surface area contributed by atoms with Crippen molar-refractivity contribution in [3.8, 4) is 11.5 Å². The van der Waals surface area contributed by atoms with Crippen LogP contribution in [0.4, 0.5) is 4.79 Å². The number of imide groups is 2. The van der Waals surface area contributed by atoms with Crippen molar-refractivity contribution in [3.05, 3.63) is 63.6 Å². The summed E-state index contributed by atoms with van der Waals surface area (Å²) < 4.78 is 11.1. The van der Waals surface area contributed by atoms with Gasteiger partial charge in [-0.3, -0.25) is 20.2 Å². The Morgan fingerprint density at radius 1 is 1.00 bits per heavy atom. The average molecular weight is 445 g/mol. The molecule has 1 aliphatic rings. The van der Waals surface area contributed by atoms with Crippen LogP contribution in [0.25, 0.3) is 6.08 Å². The number of rotatable bonds is 4. The van der Waals surface area contributed by atoms with Gasteiger partial charge in [-0.2, -0.15) is 0 Å². The third-order valence-electron chi connectivity index (χ3n) is 3.74. The highest BCUT2D eigenvalue weighted by atomic mass is 79.9. The summed E-state index contributed by atoms with van der Waals surface area (Å²) in [5.74, 6) is -1.59. The summed E-state index contributed by atoms with van der Waals surface area (Å²) in [4.78, 5) is 47.4. The fourth-order valence-electron chi connectivity index (χ4n) is 2.37. The number of hydrogen-bond donors (Lipinski definition) is 2. The van der Waals surface area contributed by atoms with Gasteiger partial charge in [-0.05, 0) is 48.5 Å². The summed E-state index contributed by atoms with van der Waals surface area (Å²) in [6, 6.07) is 10.2. The fraction of sp³-hybridized carbons (Fsp3) is 0.0526. The van der Waals surface area contributed by atoms with Crippen LogP contribution in [0.1, 0.15) is 15.9 Å². The molecule has 0 saturated carbocycles. The topological polar surface area (TPSA) is 111 Å². The maximum absolute atomic E-state index is 12.4. The zero-order valence-corrected chi connectivity index (χ0v) is 16.0. The van der Waals surface area contributed by atoms with Crippen LogP contribution in [-0.4, -0.2) is 30.9 Å². The first kappa shape index (κ1) is 19.3. The van der Waals surface area contributed by atoms with Crippen molar-refractivity contribution in [3.63, 3.8) is 0 Å². The SMILES string of the molecule is COc1ccc(C(=O)Oc2ccc(Br)cc2C=C2C(=O)NC(=O)NC2=O)cc1. The van der Waals surface area contributed by atoms with Gasteiger partial charge in [0.15, 0.2) is 0 Å². The van der Waals surface area contributed by atoms with Crippen molar-refractivity contribution in [2.45, 2.75) is 0 Å². The number of carbonyl (C=O) groups excluding carboxylic acids is 4. The van der Waals surface area contributed by atoms with Gasteiger partial charge in [0.2, 0.25) is 0 Å². The Labute approximate surface area is 167 Å². The third-order valence-corrected chi connectivity index (χ3v) is 4.24. The van der Waals surface area contributed by atoms with Gasteiger partial charge in [0.25, 0.3) is 11.8 Å². The molecule has 3 rings (SSSR count). The first-order chi connectivity index (χ1) is 13.4. The Hall–Kier alpha value is -3.46. The molecule has 9 heteroatoms. The molecule has 142 valence electrons. The quantitative estimate of drug-likeness (QED) is 0.324. The van der Waals surface area contributed by atoms with Crippen LogP contribution < -0.4 is 20.1 Å². The first-order valence-electron chi connectivity index (χ1n) is 7.91. The van der Waals surface area contributed by atoms with E-state index in [1.807, 2.05) is 10.6 Å². The molecule has 0 aromatic heterocycles. The molecule has 8 nitrogen and oxygen atoms in total. The van der Waals surface area contributed by atoms with Crippen LogP contribution in [0.2, 0.25) is 0 Å². The Kier molecular flexibility index (Phi) is 5.55. The molecule has 2 N–H and O–H groups in total. The molecule has 0 spiro atoms. The number of halogens is 1. The molecule has 2 aromatic rings. The van der Waals surface area contributed by atoms with E-state index in [0.29, 0.717) is 21.3 Å². The Balaban J connectivity index is 1.91. The minimum Gasteiger partial charge on any atom is -0.497 e. The molecule has 0 radical (unpaired) electrons. The van der Waals surface area contributed by atoms with Crippen LogP contribution in [0.15, 0.2) is 52.5 Å². The van der Waals surface area contributed by atoms with Crippen LogP contribution in [0.5, 0.6) is 11.5 Å². The van der Waals surface area contributed by atoms with Gasteiger partial charge >= 0.3 is 12.0 Å². The number of amides is 4. The van der Waals surface area contributed by atoms with Gasteiger partial charge < -0.3 is 9.47 Å². The molecule has 0 aliphatic carbocycles. The average Bonchev–Trinajstić information content (AvgIpc) is 2.66. The van der Waals surface area contributed by atoms with E-state index in [2.05, 4.69) is 15.9 Å². The normalized spacial score (nSPS) is 13.5. The van der Waals surface area contributed by atoms with E-state index in [9.17, 15) is 19.2 Å². The molecule has 4 amide bonds. The van der Waals surface area contributed by atoms with E-state index >= 15 is 0 Å². The minimum absolute atomic E-state index is 0.133. The summed E-state index contributed by atoms with van der Waals surface area (Å²) in [6.45, 7) is 0. The molecule has 0 bridgehead atoms. The molecule has 0 atom stereocenters. The highest BCUT2D eigenvalue weighted by molar-refractivity contribution is 9.10. The van der Waals surface area contributed by atoms with E-state index in [1.165, 1.54) is 19.3 Å². The van der Waals surface area contributed by atoms with Gasteiger partial charge in [-0.25, -0.2) is 9.59 Å². The van der Waals surface area contributed by atoms with E-state index in [4.69, 9.17) is 9.47 Å². The highest BCUT2D eigenvalue weighted by Gasteiger charge is 2.28. The van der Waals surface area contributed by atoms with Crippen LogP contribution in [0.3, 0.4) is 0 Å². The predicted octanol–water partition coefficient (Wildman–Crippen LogP) is 2.43. The molecule has 1 aliphatic heterocycles. The number of barbiturate groups is 1. The number of urea groups is 1. The van der Waals surface area contributed by atoms with Gasteiger partial charge in [-0.15, -0.1) is 0 Å². The van der Waals surface area contributed by atoms with Crippen molar-refractivity contribution >= 4 is 45.8 Å². The molecular weight excluding hydrogens is 432 g/mol. The van der Waals surface area contributed by atoms with Crippen molar-refractivity contribution in [1.82, 2.24) is 10.6 Å². The predicted molar refractivity (Wildman–Crippen MR) is 102 cm³/mol. The number of hydrogen-bond acceptors (Lipinski definition) is 6. The molecular formula is C19H13BrN2O6. The molecule has 1 heterocycles. The molecule has 28 heavy (non-hydrogen) atoms. The van der Waals surface area contributed by atoms with Crippen molar-refractivity contribution in [2.24, 2.45) is 0 Å². The Morgan fingerprint density at radius 3 is 2.25 bits per heavy atom. The van der Waals surface area contributed by atoms with Crippen LogP contribution in [-0.2, 0) is 9.59 Å². The number of methoxy groups -OCH3 is 1. The summed E-state index contributed by atoms with van der Waals surface area (Å²) in [5.41, 5.74) is 0.298. The maximum Gasteiger partial charge on any atom is 0.343 e. The van der Waals surface area contributed by atoms with Crippen molar-refractivity contribution < 1.29 is 28.7 Å². The summed E-state index contributed by atoms with van der Waals surface area (Å²) in [5, 5.41) is 3.96. The van der Waals surface area contributed by atoms with E-state index in [-0.39, 0.29) is 11.3 Å². The van der Waals surface area contributed by atoms with E-state index in [0.717, 1.165) is 0 Å². The third kappa shape index (κ3) is 4.26. The van der Waals surface area contributed by atoms with Crippen molar-refractivity contribution in [2.75, 3.05) is 7.11 Å². The number of nitrogens with one attached hydrogen (secondary N) is 2. The highest BCUT2D eigenvalue weighted by Crippen LogP contribution is 2.27. The second-order valence-corrected chi connectivity index (χ2v) is 6.51. The lowest BCUT2D eigenvalue weighted by atomic mass is 10.1. The maximum atomic E-state index is 12.4. The second-order valence-electron chi connectivity index (χ2n) is 5.60. The van der Waals surface area contributed by atoms with Gasteiger partial charge in [0, 0.05) is 10.0 Å². The van der Waals surface area contributed by atoms with Crippen LogP contribution in [0, 0.1) is 0 Å². The molecule has 1 saturated heterocycles. The Morgan fingerprint density at radius 2 is 1.64 bits per heavy atom. The zero-order valence-electron chi connectivity index (χ0n) is 14.4. The van der Waals surface area contributed by atoms with E-state index < -0.39 is 23.8 Å². The summed E-state index contributed by atoms with van der Waals surface area (Å²) in [6.07, 6.45) is 1.23. The lowest BCUT2D eigenvalue weighted by Gasteiger charge is -2.15. The van der Waals surface area contributed by atoms with Crippen molar-refractivity contribution in [1.29, 1.82) is 0 Å². The van der Waals surface area contributed by atoms with Gasteiger partial charge in [-0.1, -0.05) is 15.9 Å². The van der Waals surface area contributed by atoms with Gasteiger partial charge in [0.1, 0.15) is 17.1 Å². The van der Waals surface area contributed by atoms with Crippen LogP contribution >= 0.6 is 15.9 Å². The summed E-state index contributed by atoms with van der Waals surface area (Å²) in [7, 11) is 1.51. The lowest BCUT2D eigenvalue weighted by molar-refractivity contribution is -0.123. The first-order valence-corrected chi connectivity index (χ1v) is 8.71. The summed E-state index contributed by atoms with van der Waals surface area (Å²) >= 11 is 3.29. The number of benzene rings is 2. The molecule has 1 fully saturated rings. The largest absolute Gasteiger partial charge is 0.497 e. The smallest absolute Gasteiger partial charge is 0.343 e. The monoisotopic (exact) mass is 444 g/mol. The fourth-order valence-corrected chi connectivity index (χ4v) is 2.75. The number of carbonyl (C=O) groups is 4. The zero-order chi connectivity index (χ0) is 20.3. The number of ether oxygens (including phenoxy) is 2. The molecule has 0 unspecified atom stereocenters. The number of esters is 1. The minimum atomic E-state index is -0.896. The molecule has 2 aromatic carbocycles. The van der Waals surface area contributed by atoms with E-state index in [1.54, 1.807) is 36.4 Å². The standard InChI is InChI=1S/C19H13BrN2O6/c1-27-13-5-2-10(3-6-13)18(25)28-15-7-4-12(20)8-11(15)9-14-16(23)21-19(26)22-17(14)24/h2-9H,1H3,(H2,21,22,23,24,26). The second kappa shape index (κ2) is 8.05. The Bertz CT molecular complexity index is 992. The lowest BCUT2D eigenvalue weighted by Crippen LogP contribution is -2.51.